The third-order valence-corrected chi connectivity index (χ3v) is 2.39. The van der Waals surface area contributed by atoms with Crippen molar-refractivity contribution in [2.75, 3.05) is 6.54 Å². The molecule has 1 rings (SSSR count). The number of hydrogen-bond acceptors (Lipinski definition) is 3. The molecule has 5 heteroatoms. The Morgan fingerprint density at radius 3 is 2.62 bits per heavy atom. The van der Waals surface area contributed by atoms with Crippen molar-refractivity contribution < 1.29 is 4.79 Å². The Kier molecular flexibility index (Phi) is 5.78. The lowest BCUT2D eigenvalue weighted by Gasteiger charge is -2.04. The first-order chi connectivity index (χ1) is 7.74. The Hall–Kier alpha value is -1.16. The van der Waals surface area contributed by atoms with Crippen molar-refractivity contribution in [3.8, 4) is 0 Å². The standard InChI is InChI=1S/C11H16ClN3O/c1-2-3-4-5-6-13-10(16)9-7-14-11(12)15-8-9/h7-8H,2-6H2,1H3,(H,13,16). The van der Waals surface area contributed by atoms with Crippen molar-refractivity contribution in [3.05, 3.63) is 23.2 Å². The summed E-state index contributed by atoms with van der Waals surface area (Å²) < 4.78 is 0. The zero-order valence-electron chi connectivity index (χ0n) is 9.37. The van der Waals surface area contributed by atoms with E-state index in [0.29, 0.717) is 12.1 Å². The van der Waals surface area contributed by atoms with E-state index < -0.39 is 0 Å². The number of carbonyl (C=O) groups is 1. The van der Waals surface area contributed by atoms with E-state index in [1.807, 2.05) is 0 Å². The highest BCUT2D eigenvalue weighted by Gasteiger charge is 2.05. The van der Waals surface area contributed by atoms with Crippen LogP contribution >= 0.6 is 11.6 Å². The molecule has 0 aromatic carbocycles. The highest BCUT2D eigenvalue weighted by molar-refractivity contribution is 6.28. The van der Waals surface area contributed by atoms with Crippen LogP contribution in [0.3, 0.4) is 0 Å². The van der Waals surface area contributed by atoms with Crippen LogP contribution in [0.1, 0.15) is 43.0 Å². The van der Waals surface area contributed by atoms with Crippen LogP contribution < -0.4 is 5.32 Å². The molecule has 4 nitrogen and oxygen atoms in total. The highest BCUT2D eigenvalue weighted by Crippen LogP contribution is 2.01. The Morgan fingerprint density at radius 2 is 2.00 bits per heavy atom. The topological polar surface area (TPSA) is 54.9 Å². The quantitative estimate of drug-likeness (QED) is 0.615. The van der Waals surface area contributed by atoms with E-state index in [2.05, 4.69) is 22.2 Å². The molecule has 16 heavy (non-hydrogen) atoms. The van der Waals surface area contributed by atoms with Gasteiger partial charge in [0, 0.05) is 18.9 Å². The maximum absolute atomic E-state index is 11.6. The first kappa shape index (κ1) is 12.9. The third kappa shape index (κ3) is 4.57. The van der Waals surface area contributed by atoms with Gasteiger partial charge in [-0.15, -0.1) is 0 Å². The van der Waals surface area contributed by atoms with Gasteiger partial charge in [0.1, 0.15) is 0 Å². The fraction of sp³-hybridized carbons (Fsp3) is 0.545. The van der Waals surface area contributed by atoms with Crippen molar-refractivity contribution in [1.82, 2.24) is 15.3 Å². The minimum absolute atomic E-state index is 0.145. The summed E-state index contributed by atoms with van der Waals surface area (Å²) >= 11 is 5.52. The van der Waals surface area contributed by atoms with Crippen LogP contribution in [0.5, 0.6) is 0 Å². The van der Waals surface area contributed by atoms with Crippen molar-refractivity contribution in [1.29, 1.82) is 0 Å². The van der Waals surface area contributed by atoms with Crippen molar-refractivity contribution in [2.24, 2.45) is 0 Å². The summed E-state index contributed by atoms with van der Waals surface area (Å²) in [7, 11) is 0. The molecular weight excluding hydrogens is 226 g/mol. The van der Waals surface area contributed by atoms with Gasteiger partial charge in [-0.05, 0) is 18.0 Å². The second-order valence-corrected chi connectivity index (χ2v) is 3.90. The van der Waals surface area contributed by atoms with E-state index in [1.165, 1.54) is 25.2 Å². The van der Waals surface area contributed by atoms with Gasteiger partial charge in [0.05, 0.1) is 5.56 Å². The number of aromatic nitrogens is 2. The van der Waals surface area contributed by atoms with Gasteiger partial charge in [-0.25, -0.2) is 9.97 Å². The Morgan fingerprint density at radius 1 is 1.31 bits per heavy atom. The van der Waals surface area contributed by atoms with Crippen molar-refractivity contribution in [3.63, 3.8) is 0 Å². The van der Waals surface area contributed by atoms with Gasteiger partial charge < -0.3 is 5.32 Å². The van der Waals surface area contributed by atoms with Crippen LogP contribution in [0.15, 0.2) is 12.4 Å². The zero-order chi connectivity index (χ0) is 11.8. The molecule has 0 saturated heterocycles. The minimum atomic E-state index is -0.145. The van der Waals surface area contributed by atoms with E-state index in [1.54, 1.807) is 0 Å². The van der Waals surface area contributed by atoms with Crippen LogP contribution in [0.25, 0.3) is 0 Å². The van der Waals surface area contributed by atoms with Crippen LogP contribution in [0.4, 0.5) is 0 Å². The molecule has 0 aliphatic rings. The van der Waals surface area contributed by atoms with E-state index in [4.69, 9.17) is 11.6 Å². The van der Waals surface area contributed by atoms with Crippen molar-refractivity contribution >= 4 is 17.5 Å². The summed E-state index contributed by atoms with van der Waals surface area (Å²) in [6.07, 6.45) is 7.41. The van der Waals surface area contributed by atoms with Crippen LogP contribution in [0.2, 0.25) is 5.28 Å². The van der Waals surface area contributed by atoms with Gasteiger partial charge >= 0.3 is 0 Å². The molecule has 0 fully saturated rings. The van der Waals surface area contributed by atoms with Gasteiger partial charge in [0.15, 0.2) is 0 Å². The SMILES string of the molecule is CCCCCCNC(=O)c1cnc(Cl)nc1. The average molecular weight is 242 g/mol. The fourth-order valence-electron chi connectivity index (χ4n) is 1.29. The lowest BCUT2D eigenvalue weighted by Crippen LogP contribution is -2.24. The Bertz CT molecular complexity index is 327. The van der Waals surface area contributed by atoms with Gasteiger partial charge in [0.25, 0.3) is 5.91 Å². The number of nitrogens with one attached hydrogen (secondary N) is 1. The fourth-order valence-corrected chi connectivity index (χ4v) is 1.38. The first-order valence-corrected chi connectivity index (χ1v) is 5.87. The van der Waals surface area contributed by atoms with E-state index in [0.717, 1.165) is 12.8 Å². The van der Waals surface area contributed by atoms with E-state index in [9.17, 15) is 4.79 Å². The normalized spacial score (nSPS) is 10.1. The van der Waals surface area contributed by atoms with Crippen LogP contribution in [-0.4, -0.2) is 22.4 Å². The number of carbonyl (C=O) groups excluding carboxylic acids is 1. The summed E-state index contributed by atoms with van der Waals surface area (Å²) in [4.78, 5) is 19.1. The van der Waals surface area contributed by atoms with Gasteiger partial charge in [0.2, 0.25) is 5.28 Å². The zero-order valence-corrected chi connectivity index (χ0v) is 10.1. The minimum Gasteiger partial charge on any atom is -0.352 e. The number of hydrogen-bond donors (Lipinski definition) is 1. The van der Waals surface area contributed by atoms with Crippen molar-refractivity contribution in [2.45, 2.75) is 32.6 Å². The molecular formula is C11H16ClN3O. The Balaban J connectivity index is 2.27. The molecule has 0 aliphatic carbocycles. The van der Waals surface area contributed by atoms with Gasteiger partial charge in [-0.2, -0.15) is 0 Å². The predicted molar refractivity (Wildman–Crippen MR) is 63.5 cm³/mol. The molecule has 0 spiro atoms. The second kappa shape index (κ2) is 7.17. The molecule has 0 unspecified atom stereocenters. The molecule has 1 amide bonds. The van der Waals surface area contributed by atoms with Crippen LogP contribution in [0, 0.1) is 0 Å². The lowest BCUT2D eigenvalue weighted by molar-refractivity contribution is 0.0952. The number of rotatable bonds is 6. The maximum atomic E-state index is 11.6. The largest absolute Gasteiger partial charge is 0.352 e. The third-order valence-electron chi connectivity index (χ3n) is 2.20. The molecule has 0 saturated carbocycles. The lowest BCUT2D eigenvalue weighted by atomic mass is 10.2. The van der Waals surface area contributed by atoms with Gasteiger partial charge in [-0.3, -0.25) is 4.79 Å². The molecule has 0 aliphatic heterocycles. The number of amides is 1. The Labute approximate surface area is 100 Å². The highest BCUT2D eigenvalue weighted by atomic mass is 35.5. The molecule has 0 bridgehead atoms. The predicted octanol–water partition coefficient (Wildman–Crippen LogP) is 2.44. The molecule has 1 N–H and O–H groups in total. The molecule has 1 aromatic rings. The number of halogens is 1. The molecule has 0 atom stereocenters. The van der Waals surface area contributed by atoms with E-state index >= 15 is 0 Å². The summed E-state index contributed by atoms with van der Waals surface area (Å²) in [6.45, 7) is 2.85. The average Bonchev–Trinajstić information content (AvgIpc) is 2.29. The van der Waals surface area contributed by atoms with E-state index in [-0.39, 0.29) is 11.2 Å². The number of unbranched alkanes of at least 4 members (excludes halogenated alkanes) is 3. The summed E-state index contributed by atoms with van der Waals surface area (Å²) in [5.74, 6) is -0.145. The van der Waals surface area contributed by atoms with Crippen LogP contribution in [-0.2, 0) is 0 Å². The summed E-state index contributed by atoms with van der Waals surface area (Å²) in [5.41, 5.74) is 0.444. The summed E-state index contributed by atoms with van der Waals surface area (Å²) in [6, 6.07) is 0. The summed E-state index contributed by atoms with van der Waals surface area (Å²) in [5, 5.41) is 2.97. The first-order valence-electron chi connectivity index (χ1n) is 5.49. The molecule has 1 heterocycles. The molecule has 88 valence electrons. The number of nitrogens with zero attached hydrogens (tertiary/aromatic N) is 2. The second-order valence-electron chi connectivity index (χ2n) is 3.56. The molecule has 1 aromatic heterocycles. The van der Waals surface area contributed by atoms with Gasteiger partial charge in [-0.1, -0.05) is 26.2 Å². The smallest absolute Gasteiger partial charge is 0.254 e. The maximum Gasteiger partial charge on any atom is 0.254 e. The molecule has 0 radical (unpaired) electrons. The monoisotopic (exact) mass is 241 g/mol.